The number of carbonyl (C=O) groups is 2. The zero-order valence-electron chi connectivity index (χ0n) is 18.2. The Morgan fingerprint density at radius 2 is 2.06 bits per heavy atom. The third-order valence-corrected chi connectivity index (χ3v) is 6.15. The van der Waals surface area contributed by atoms with Crippen molar-refractivity contribution in [3.05, 3.63) is 58.5 Å². The zero-order chi connectivity index (χ0) is 22.7. The summed E-state index contributed by atoms with van der Waals surface area (Å²) in [5.74, 6) is 1.69. The van der Waals surface area contributed by atoms with Crippen LogP contribution in [0.3, 0.4) is 0 Å². The number of furan rings is 1. The molecule has 1 N–H and O–H groups in total. The van der Waals surface area contributed by atoms with E-state index in [9.17, 15) is 9.59 Å². The molecule has 1 aliphatic rings. The molecule has 168 valence electrons. The van der Waals surface area contributed by atoms with Crippen molar-refractivity contribution in [2.45, 2.75) is 38.8 Å². The number of rotatable bonds is 9. The predicted octanol–water partition coefficient (Wildman–Crippen LogP) is 4.05. The van der Waals surface area contributed by atoms with E-state index in [0.29, 0.717) is 28.7 Å². The summed E-state index contributed by atoms with van der Waals surface area (Å²) in [4.78, 5) is 31.8. The number of nitrogens with one attached hydrogen (secondary N) is 1. The molecule has 32 heavy (non-hydrogen) atoms. The van der Waals surface area contributed by atoms with Crippen LogP contribution in [0.25, 0.3) is 0 Å². The van der Waals surface area contributed by atoms with Crippen molar-refractivity contribution in [3.63, 3.8) is 0 Å². The van der Waals surface area contributed by atoms with E-state index in [-0.39, 0.29) is 24.3 Å². The van der Waals surface area contributed by atoms with Gasteiger partial charge in [-0.1, -0.05) is 0 Å². The fourth-order valence-corrected chi connectivity index (χ4v) is 4.19. The van der Waals surface area contributed by atoms with Crippen LogP contribution in [0.1, 0.15) is 40.2 Å². The molecule has 0 atom stereocenters. The minimum Gasteiger partial charge on any atom is -0.497 e. The third-order valence-electron chi connectivity index (χ3n) is 5.34. The largest absolute Gasteiger partial charge is 0.497 e. The number of methoxy groups -OCH3 is 2. The highest BCUT2D eigenvalue weighted by molar-refractivity contribution is 7.14. The van der Waals surface area contributed by atoms with Gasteiger partial charge in [0.2, 0.25) is 5.91 Å². The molecule has 3 aromatic rings. The smallest absolute Gasteiger partial charge is 0.260 e. The number of nitrogens with zero attached hydrogens (tertiary/aromatic N) is 2. The van der Waals surface area contributed by atoms with Gasteiger partial charge in [-0.15, -0.1) is 11.3 Å². The first-order chi connectivity index (χ1) is 15.5. The van der Waals surface area contributed by atoms with Crippen molar-refractivity contribution in [3.8, 4) is 11.5 Å². The van der Waals surface area contributed by atoms with Crippen molar-refractivity contribution in [1.82, 2.24) is 9.88 Å². The topological polar surface area (TPSA) is 93.9 Å². The highest BCUT2D eigenvalue weighted by atomic mass is 32.1. The van der Waals surface area contributed by atoms with Crippen molar-refractivity contribution >= 4 is 28.3 Å². The molecule has 0 bridgehead atoms. The lowest BCUT2D eigenvalue weighted by Crippen LogP contribution is -2.34. The minimum absolute atomic E-state index is 0.00812. The lowest BCUT2D eigenvalue weighted by atomic mass is 10.1. The van der Waals surface area contributed by atoms with E-state index in [1.54, 1.807) is 32.6 Å². The average molecular weight is 456 g/mol. The molecule has 1 aromatic carbocycles. The van der Waals surface area contributed by atoms with Gasteiger partial charge >= 0.3 is 0 Å². The minimum atomic E-state index is -0.284. The van der Waals surface area contributed by atoms with Crippen LogP contribution >= 0.6 is 11.3 Å². The second-order valence-electron chi connectivity index (χ2n) is 7.60. The average Bonchev–Trinajstić information content (AvgIpc) is 3.39. The number of thiazole rings is 1. The molecule has 1 fully saturated rings. The van der Waals surface area contributed by atoms with Gasteiger partial charge in [-0.05, 0) is 44.0 Å². The fourth-order valence-electron chi connectivity index (χ4n) is 3.48. The van der Waals surface area contributed by atoms with Crippen molar-refractivity contribution in [1.29, 1.82) is 0 Å². The molecule has 8 nitrogen and oxygen atoms in total. The van der Waals surface area contributed by atoms with Gasteiger partial charge in [-0.25, -0.2) is 4.98 Å². The molecule has 9 heteroatoms. The summed E-state index contributed by atoms with van der Waals surface area (Å²) >= 11 is 1.29. The summed E-state index contributed by atoms with van der Waals surface area (Å²) in [5, 5.41) is 5.01. The van der Waals surface area contributed by atoms with Crippen LogP contribution in [0.4, 0.5) is 5.13 Å². The number of anilines is 1. The summed E-state index contributed by atoms with van der Waals surface area (Å²) in [7, 11) is 3.23. The van der Waals surface area contributed by atoms with E-state index in [1.807, 2.05) is 23.1 Å². The molecule has 2 amide bonds. The Morgan fingerprint density at radius 3 is 2.72 bits per heavy atom. The van der Waals surface area contributed by atoms with E-state index in [2.05, 4.69) is 10.3 Å². The number of carbonyl (C=O) groups excluding carboxylic acids is 2. The molecular weight excluding hydrogens is 430 g/mol. The van der Waals surface area contributed by atoms with Gasteiger partial charge in [-0.3, -0.25) is 14.9 Å². The molecule has 2 aromatic heterocycles. The zero-order valence-corrected chi connectivity index (χ0v) is 19.0. The Hall–Kier alpha value is -3.33. The molecular formula is C23H25N3O5S. The second-order valence-corrected chi connectivity index (χ2v) is 8.45. The Labute approximate surface area is 190 Å². The Kier molecular flexibility index (Phi) is 6.45. The van der Waals surface area contributed by atoms with Crippen molar-refractivity contribution < 1.29 is 23.5 Å². The number of benzene rings is 1. The Balaban J connectivity index is 1.43. The number of ether oxygens (including phenoxy) is 2. The van der Waals surface area contributed by atoms with E-state index in [0.717, 1.165) is 29.9 Å². The maximum Gasteiger partial charge on any atom is 0.260 e. The number of aromatic nitrogens is 1. The van der Waals surface area contributed by atoms with Gasteiger partial charge in [0.05, 0.1) is 38.2 Å². The van der Waals surface area contributed by atoms with Crippen LogP contribution in [0.2, 0.25) is 0 Å². The van der Waals surface area contributed by atoms with Crippen LogP contribution < -0.4 is 14.8 Å². The number of hydrogen-bond acceptors (Lipinski definition) is 7. The van der Waals surface area contributed by atoms with E-state index in [1.165, 1.54) is 17.6 Å². The molecule has 1 aliphatic carbocycles. The fraction of sp³-hybridized carbons (Fsp3) is 0.348. The second kappa shape index (κ2) is 9.44. The molecule has 0 aliphatic heterocycles. The first-order valence-corrected chi connectivity index (χ1v) is 11.2. The number of hydrogen-bond donors (Lipinski definition) is 1. The SMILES string of the molecule is COc1ccc(OC)c(CN(C(=O)Cc2csc(NC(=O)c3ccoc3C)n2)C2CC2)c1. The van der Waals surface area contributed by atoms with Gasteiger partial charge < -0.3 is 18.8 Å². The highest BCUT2D eigenvalue weighted by Crippen LogP contribution is 2.32. The molecule has 0 radical (unpaired) electrons. The summed E-state index contributed by atoms with van der Waals surface area (Å²) in [6.07, 6.45) is 3.61. The van der Waals surface area contributed by atoms with Crippen LogP contribution in [-0.4, -0.2) is 42.0 Å². The standard InChI is InChI=1S/C23H25N3O5S/c1-14-19(8-9-31-14)22(28)25-23-24-16(13-32-23)11-21(27)26(17-4-5-17)12-15-10-18(29-2)6-7-20(15)30-3/h6-10,13,17H,4-5,11-12H2,1-3H3,(H,24,25,28). The maximum absolute atomic E-state index is 13.1. The Bertz CT molecular complexity index is 1120. The first-order valence-electron chi connectivity index (χ1n) is 10.3. The van der Waals surface area contributed by atoms with Gasteiger partial charge in [-0.2, -0.15) is 0 Å². The van der Waals surface area contributed by atoms with E-state index in [4.69, 9.17) is 13.9 Å². The van der Waals surface area contributed by atoms with Crippen LogP contribution in [0.15, 0.2) is 40.3 Å². The van der Waals surface area contributed by atoms with Gasteiger partial charge in [0.1, 0.15) is 17.3 Å². The summed E-state index contributed by atoms with van der Waals surface area (Å²) < 4.78 is 16.0. The molecule has 0 saturated heterocycles. The van der Waals surface area contributed by atoms with Crippen LogP contribution in [0, 0.1) is 6.92 Å². The molecule has 4 rings (SSSR count). The van der Waals surface area contributed by atoms with E-state index >= 15 is 0 Å². The summed E-state index contributed by atoms with van der Waals surface area (Å²) in [5.41, 5.74) is 1.99. The molecule has 2 heterocycles. The van der Waals surface area contributed by atoms with Crippen LogP contribution in [-0.2, 0) is 17.8 Å². The third kappa shape index (κ3) is 4.94. The molecule has 0 spiro atoms. The van der Waals surface area contributed by atoms with Crippen molar-refractivity contribution in [2.24, 2.45) is 0 Å². The van der Waals surface area contributed by atoms with Gasteiger partial charge in [0.25, 0.3) is 5.91 Å². The quantitative estimate of drug-likeness (QED) is 0.523. The maximum atomic E-state index is 13.1. The van der Waals surface area contributed by atoms with Gasteiger partial charge in [0, 0.05) is 23.5 Å². The molecule has 1 saturated carbocycles. The predicted molar refractivity (Wildman–Crippen MR) is 120 cm³/mol. The lowest BCUT2D eigenvalue weighted by molar-refractivity contribution is -0.131. The number of amides is 2. The lowest BCUT2D eigenvalue weighted by Gasteiger charge is -2.23. The highest BCUT2D eigenvalue weighted by Gasteiger charge is 2.33. The number of aryl methyl sites for hydroxylation is 1. The Morgan fingerprint density at radius 1 is 1.25 bits per heavy atom. The first kappa shape index (κ1) is 21.9. The van der Waals surface area contributed by atoms with Gasteiger partial charge in [0.15, 0.2) is 5.13 Å². The van der Waals surface area contributed by atoms with Crippen LogP contribution in [0.5, 0.6) is 11.5 Å². The summed E-state index contributed by atoms with van der Waals surface area (Å²) in [6.45, 7) is 2.17. The molecule has 0 unspecified atom stereocenters. The summed E-state index contributed by atoms with van der Waals surface area (Å²) in [6, 6.07) is 7.42. The van der Waals surface area contributed by atoms with Crippen molar-refractivity contribution in [2.75, 3.05) is 19.5 Å². The van der Waals surface area contributed by atoms with E-state index < -0.39 is 0 Å². The monoisotopic (exact) mass is 455 g/mol. The normalized spacial score (nSPS) is 13.0.